The zero-order chi connectivity index (χ0) is 54.8. The van der Waals surface area contributed by atoms with Gasteiger partial charge in [-0.25, -0.2) is 0 Å². The zero-order valence-electron chi connectivity index (χ0n) is 41.9. The number of carboxylic acid groups (broad SMARTS) is 1. The van der Waals surface area contributed by atoms with E-state index < -0.39 is 114 Å². The number of para-hydroxylation sites is 1. The standard InChI is InChI=1S/C51H67N11O11S2/c1-28(2)43(44(54)66)61-49(71)40-27-75-74-26-39(59-45(67)34(53)24-42(64)65)48(70)56-36(21-29-11-5-4-6-12-29)46(68)58-38(23-31-25-55-35-14-8-7-13-33(31)35)51(73)62(3)41(15-9-10-20-52)50(72)57-37(47(69)60-40)22-30-16-18-32(63)19-17-30/h4-8,11-14,16-19,25,28,34,36-41,43,55,63H,9-10,15,20-24,26-27,52-53H2,1-3H3,(H2,54,66)(H,56,70)(H,57,72)(H,58,68)(H,59,67)(H,60,69)(H,61,71)(H,64,65)/t34-,36-,37-,38-,39?,40-,41-,43-/m0/s1. The number of rotatable bonds is 18. The molecule has 0 radical (unpaired) electrons. The molecule has 1 fully saturated rings. The second-order valence-electron chi connectivity index (χ2n) is 18.6. The number of fused-ring (bicyclic) bond motifs is 1. The first kappa shape index (κ1) is 58.7. The fourth-order valence-corrected chi connectivity index (χ4v) is 10.6. The molecule has 4 aromatic rings. The van der Waals surface area contributed by atoms with E-state index in [0.717, 1.165) is 32.5 Å². The smallest absolute Gasteiger partial charge is 0.305 e. The van der Waals surface area contributed by atoms with Gasteiger partial charge in [0.1, 0.15) is 48.0 Å². The molecule has 0 saturated carbocycles. The first-order chi connectivity index (χ1) is 35.8. The van der Waals surface area contributed by atoms with Gasteiger partial charge in [0.2, 0.25) is 47.3 Å². The molecular formula is C51H67N11O11S2. The van der Waals surface area contributed by atoms with Gasteiger partial charge in [-0.05, 0) is 66.6 Å². The van der Waals surface area contributed by atoms with Crippen molar-refractivity contribution in [3.05, 3.63) is 102 Å². The number of amides is 8. The largest absolute Gasteiger partial charge is 0.508 e. The summed E-state index contributed by atoms with van der Waals surface area (Å²) in [5, 5.41) is 36.4. The van der Waals surface area contributed by atoms with Crippen molar-refractivity contribution in [1.29, 1.82) is 0 Å². The molecule has 1 unspecified atom stereocenters. The summed E-state index contributed by atoms with van der Waals surface area (Å²) in [5.41, 5.74) is 19.9. The van der Waals surface area contributed by atoms with E-state index >= 15 is 4.79 Å². The highest BCUT2D eigenvalue weighted by Gasteiger charge is 2.38. The maximum atomic E-state index is 15.2. The number of aliphatic carboxylic acids is 1. The lowest BCUT2D eigenvalue weighted by molar-refractivity contribution is -0.143. The van der Waals surface area contributed by atoms with Crippen LogP contribution in [0.5, 0.6) is 5.75 Å². The molecule has 404 valence electrons. The van der Waals surface area contributed by atoms with Crippen molar-refractivity contribution in [2.75, 3.05) is 25.1 Å². The molecule has 1 aromatic heterocycles. The molecule has 22 nitrogen and oxygen atoms in total. The molecule has 3 aromatic carbocycles. The van der Waals surface area contributed by atoms with Crippen LogP contribution in [-0.2, 0) is 62.4 Å². The number of likely N-dealkylation sites (N-methyl/N-ethyl adjacent to an activating group) is 1. The lowest BCUT2D eigenvalue weighted by Crippen LogP contribution is -2.61. The van der Waals surface area contributed by atoms with Gasteiger partial charge >= 0.3 is 5.97 Å². The summed E-state index contributed by atoms with van der Waals surface area (Å²) in [6, 6.07) is 10.8. The summed E-state index contributed by atoms with van der Waals surface area (Å²) in [7, 11) is 3.34. The third kappa shape index (κ3) is 17.5. The third-order valence-electron chi connectivity index (χ3n) is 12.5. The minimum absolute atomic E-state index is 0.0606. The van der Waals surface area contributed by atoms with Gasteiger partial charge in [0, 0.05) is 54.9 Å². The van der Waals surface area contributed by atoms with E-state index in [-0.39, 0.29) is 49.5 Å². The Kier molecular flexibility index (Phi) is 22.3. The van der Waals surface area contributed by atoms with E-state index in [1.165, 1.54) is 24.1 Å². The van der Waals surface area contributed by atoms with Crippen LogP contribution in [0.2, 0.25) is 0 Å². The first-order valence-corrected chi connectivity index (χ1v) is 26.9. The monoisotopic (exact) mass is 1070 g/mol. The van der Waals surface area contributed by atoms with Crippen LogP contribution in [0.15, 0.2) is 85.1 Å². The van der Waals surface area contributed by atoms with Crippen LogP contribution < -0.4 is 49.1 Å². The maximum Gasteiger partial charge on any atom is 0.305 e. The Balaban J connectivity index is 1.64. The fourth-order valence-electron chi connectivity index (χ4n) is 8.30. The number of nitrogens with two attached hydrogens (primary N) is 3. The number of carboxylic acids is 1. The summed E-state index contributed by atoms with van der Waals surface area (Å²) in [4.78, 5) is 130. The Labute approximate surface area is 442 Å². The number of nitrogens with one attached hydrogen (secondary N) is 7. The molecule has 8 atom stereocenters. The van der Waals surface area contributed by atoms with Crippen molar-refractivity contribution >= 4 is 85.7 Å². The highest BCUT2D eigenvalue weighted by Crippen LogP contribution is 2.25. The minimum Gasteiger partial charge on any atom is -0.508 e. The number of hydrogen-bond acceptors (Lipinski definition) is 14. The quantitative estimate of drug-likeness (QED) is 0.0465. The highest BCUT2D eigenvalue weighted by atomic mass is 33.1. The Hall–Kier alpha value is -7.15. The van der Waals surface area contributed by atoms with E-state index in [4.69, 9.17) is 17.2 Å². The molecule has 0 bridgehead atoms. The summed E-state index contributed by atoms with van der Waals surface area (Å²) in [5.74, 6) is -9.08. The van der Waals surface area contributed by atoms with Crippen molar-refractivity contribution in [3.63, 3.8) is 0 Å². The molecule has 1 saturated heterocycles. The number of carbonyl (C=O) groups excluding carboxylic acids is 8. The minimum atomic E-state index is -1.58. The van der Waals surface area contributed by atoms with Gasteiger partial charge in [0.25, 0.3) is 0 Å². The molecule has 24 heteroatoms. The molecule has 2 heterocycles. The molecule has 75 heavy (non-hydrogen) atoms. The van der Waals surface area contributed by atoms with Gasteiger partial charge in [-0.15, -0.1) is 0 Å². The van der Waals surface area contributed by atoms with Crippen molar-refractivity contribution in [3.8, 4) is 5.75 Å². The predicted octanol–water partition coefficient (Wildman–Crippen LogP) is 0.105. The number of primary amides is 1. The highest BCUT2D eigenvalue weighted by molar-refractivity contribution is 8.76. The topological polar surface area (TPSA) is 363 Å². The van der Waals surface area contributed by atoms with Crippen LogP contribution in [-0.4, -0.2) is 147 Å². The Morgan fingerprint density at radius 2 is 1.36 bits per heavy atom. The Bertz CT molecular complexity index is 2640. The van der Waals surface area contributed by atoms with Crippen LogP contribution in [0, 0.1) is 5.92 Å². The third-order valence-corrected chi connectivity index (χ3v) is 14.9. The molecule has 8 amide bonds. The average Bonchev–Trinajstić information content (AvgIpc) is 3.78. The SMILES string of the molecule is CC(C)[C@H](NC(=O)[C@@H]1CSSCC(NC(=O)[C@@H](N)CC(=O)O)C(=O)N[C@@H](Cc2ccccc2)C(=O)N[C@@H](Cc2c[nH]c3ccccc23)C(=O)N(C)[C@@H](CCCCN)C(=O)N[C@@H](Cc2ccc(O)cc2)C(=O)N1)C(N)=O. The van der Waals surface area contributed by atoms with Crippen molar-refractivity contribution in [1.82, 2.24) is 41.8 Å². The van der Waals surface area contributed by atoms with Gasteiger partial charge in [-0.1, -0.05) is 96.1 Å². The zero-order valence-corrected chi connectivity index (χ0v) is 43.5. The van der Waals surface area contributed by atoms with E-state index in [2.05, 4.69) is 36.9 Å². The maximum absolute atomic E-state index is 15.2. The summed E-state index contributed by atoms with van der Waals surface area (Å²) in [6.45, 7) is 3.57. The fraction of sp³-hybridized carbons (Fsp3) is 0.431. The van der Waals surface area contributed by atoms with Gasteiger partial charge in [0.15, 0.2) is 0 Å². The first-order valence-electron chi connectivity index (χ1n) is 24.4. The number of aromatic nitrogens is 1. The van der Waals surface area contributed by atoms with Crippen molar-refractivity contribution in [2.45, 2.75) is 107 Å². The van der Waals surface area contributed by atoms with Gasteiger partial charge in [-0.2, -0.15) is 0 Å². The van der Waals surface area contributed by atoms with Crippen LogP contribution >= 0.6 is 21.6 Å². The average molecular weight is 1070 g/mol. The number of aromatic hydroxyl groups is 1. The Morgan fingerprint density at radius 3 is 2.00 bits per heavy atom. The number of H-pyrrole nitrogens is 1. The number of phenols is 1. The molecule has 0 aliphatic carbocycles. The number of phenolic OH excluding ortho intramolecular Hbond substituents is 1. The Morgan fingerprint density at radius 1 is 0.760 bits per heavy atom. The molecule has 0 spiro atoms. The number of aromatic amines is 1. The molecule has 15 N–H and O–H groups in total. The lowest BCUT2D eigenvalue weighted by atomic mass is 9.99. The molecule has 1 aliphatic heterocycles. The summed E-state index contributed by atoms with van der Waals surface area (Å²) < 4.78 is 0. The number of unbranched alkanes of at least 4 members (excludes halogenated alkanes) is 1. The van der Waals surface area contributed by atoms with Crippen molar-refractivity contribution < 1.29 is 53.4 Å². The lowest BCUT2D eigenvalue weighted by Gasteiger charge is -2.33. The normalized spacial score (nSPS) is 21.5. The van der Waals surface area contributed by atoms with Gasteiger partial charge < -0.3 is 69.2 Å². The molecule has 1 aliphatic rings. The number of nitrogens with zero attached hydrogens (tertiary/aromatic N) is 1. The summed E-state index contributed by atoms with van der Waals surface area (Å²) >= 11 is 0. The van der Waals surface area contributed by atoms with E-state index in [1.807, 2.05) is 24.3 Å². The predicted molar refractivity (Wildman–Crippen MR) is 284 cm³/mol. The van der Waals surface area contributed by atoms with Crippen LogP contribution in [0.3, 0.4) is 0 Å². The van der Waals surface area contributed by atoms with Gasteiger partial charge in [0.05, 0.1) is 12.5 Å². The molecule has 5 rings (SSSR count). The van der Waals surface area contributed by atoms with Crippen LogP contribution in [0.4, 0.5) is 0 Å². The number of benzene rings is 3. The number of carbonyl (C=O) groups is 9. The van der Waals surface area contributed by atoms with Gasteiger partial charge in [-0.3, -0.25) is 43.2 Å². The van der Waals surface area contributed by atoms with E-state index in [1.54, 1.807) is 62.5 Å². The second-order valence-corrected chi connectivity index (χ2v) is 21.1. The summed E-state index contributed by atoms with van der Waals surface area (Å²) in [6.07, 6.45) is 1.44. The van der Waals surface area contributed by atoms with Crippen LogP contribution in [0.25, 0.3) is 10.9 Å². The van der Waals surface area contributed by atoms with E-state index in [0.29, 0.717) is 29.5 Å². The second kappa shape index (κ2) is 28.5. The molecular weight excluding hydrogens is 1010 g/mol. The van der Waals surface area contributed by atoms with E-state index in [9.17, 15) is 48.6 Å². The van der Waals surface area contributed by atoms with Crippen LogP contribution in [0.1, 0.15) is 56.2 Å². The number of hydrogen-bond donors (Lipinski definition) is 12. The van der Waals surface area contributed by atoms with Crippen molar-refractivity contribution in [2.24, 2.45) is 23.1 Å².